The zero-order chi connectivity index (χ0) is 14.8. The lowest BCUT2D eigenvalue weighted by Gasteiger charge is -2.08. The summed E-state index contributed by atoms with van der Waals surface area (Å²) in [5.41, 5.74) is -0.534. The van der Waals surface area contributed by atoms with Gasteiger partial charge in [-0.2, -0.15) is 13.2 Å². The summed E-state index contributed by atoms with van der Waals surface area (Å²) in [4.78, 5) is 0. The molecule has 1 aromatic carbocycles. The van der Waals surface area contributed by atoms with Crippen molar-refractivity contribution < 1.29 is 17.6 Å². The number of alkyl halides is 3. The van der Waals surface area contributed by atoms with E-state index in [2.05, 4.69) is 31.4 Å². The maximum atomic E-state index is 12.7. The second-order valence-corrected chi connectivity index (χ2v) is 4.90. The molecule has 0 radical (unpaired) electrons. The minimum Gasteiger partial charge on any atom is -0.421 e. The number of hydrogen-bond donors (Lipinski definition) is 1. The number of rotatable bonds is 4. The molecular formula is C12H11BrF3N3O. The number of nitrogens with zero attached hydrogens (tertiary/aromatic N) is 2. The number of halogens is 4. The van der Waals surface area contributed by atoms with Crippen LogP contribution < -0.4 is 5.32 Å². The summed E-state index contributed by atoms with van der Waals surface area (Å²) >= 11 is 3.19. The Morgan fingerprint density at radius 3 is 2.70 bits per heavy atom. The molecule has 0 saturated carbocycles. The van der Waals surface area contributed by atoms with Gasteiger partial charge >= 0.3 is 6.18 Å². The Morgan fingerprint density at radius 1 is 1.30 bits per heavy atom. The molecule has 8 heteroatoms. The van der Waals surface area contributed by atoms with Gasteiger partial charge in [0.15, 0.2) is 0 Å². The molecule has 4 nitrogen and oxygen atoms in total. The van der Waals surface area contributed by atoms with Crippen molar-refractivity contribution in [3.8, 4) is 11.5 Å². The van der Waals surface area contributed by atoms with Crippen LogP contribution in [-0.4, -0.2) is 23.8 Å². The van der Waals surface area contributed by atoms with Crippen molar-refractivity contribution in [1.29, 1.82) is 0 Å². The molecule has 1 aromatic heterocycles. The van der Waals surface area contributed by atoms with Gasteiger partial charge in [0.05, 0.1) is 11.1 Å². The molecule has 0 aliphatic heterocycles. The number of aromatic nitrogens is 2. The Morgan fingerprint density at radius 2 is 2.05 bits per heavy atom. The minimum absolute atomic E-state index is 0.0640. The molecule has 0 fully saturated rings. The maximum absolute atomic E-state index is 12.7. The second kappa shape index (κ2) is 5.92. The molecule has 2 aromatic rings. The summed E-state index contributed by atoms with van der Waals surface area (Å²) in [7, 11) is 1.78. The number of hydrogen-bond acceptors (Lipinski definition) is 4. The molecule has 0 spiro atoms. The molecule has 1 heterocycles. The van der Waals surface area contributed by atoms with Crippen LogP contribution in [0.5, 0.6) is 0 Å². The van der Waals surface area contributed by atoms with Crippen molar-refractivity contribution in [3.63, 3.8) is 0 Å². The van der Waals surface area contributed by atoms with Gasteiger partial charge in [-0.1, -0.05) is 0 Å². The second-order valence-electron chi connectivity index (χ2n) is 4.05. The monoisotopic (exact) mass is 349 g/mol. The first-order chi connectivity index (χ1) is 9.41. The largest absolute Gasteiger partial charge is 0.421 e. The highest BCUT2D eigenvalue weighted by molar-refractivity contribution is 9.10. The number of benzene rings is 1. The molecule has 0 saturated heterocycles. The van der Waals surface area contributed by atoms with E-state index in [1.54, 1.807) is 7.05 Å². The van der Waals surface area contributed by atoms with E-state index >= 15 is 0 Å². The Labute approximate surface area is 121 Å². The molecule has 0 aliphatic rings. The highest BCUT2D eigenvalue weighted by Crippen LogP contribution is 2.35. The SMILES string of the molecule is CNCCc1nnc(-c2cc(C(F)(F)F)ccc2Br)o1. The van der Waals surface area contributed by atoms with Crippen LogP contribution in [0.4, 0.5) is 13.2 Å². The van der Waals surface area contributed by atoms with Gasteiger partial charge < -0.3 is 9.73 Å². The summed E-state index contributed by atoms with van der Waals surface area (Å²) in [6.45, 7) is 0.644. The van der Waals surface area contributed by atoms with E-state index in [0.717, 1.165) is 12.1 Å². The van der Waals surface area contributed by atoms with Crippen molar-refractivity contribution in [2.45, 2.75) is 12.6 Å². The Bertz CT molecular complexity index is 598. The third-order valence-corrected chi connectivity index (χ3v) is 3.27. The van der Waals surface area contributed by atoms with E-state index in [-0.39, 0.29) is 11.5 Å². The molecule has 0 amide bonds. The molecule has 0 atom stereocenters. The quantitative estimate of drug-likeness (QED) is 0.920. The van der Waals surface area contributed by atoms with E-state index < -0.39 is 11.7 Å². The van der Waals surface area contributed by atoms with Crippen molar-refractivity contribution in [2.24, 2.45) is 0 Å². The highest BCUT2D eigenvalue weighted by Gasteiger charge is 2.31. The minimum atomic E-state index is -4.41. The van der Waals surface area contributed by atoms with E-state index in [4.69, 9.17) is 4.42 Å². The first-order valence-electron chi connectivity index (χ1n) is 5.76. The smallest absolute Gasteiger partial charge is 0.416 e. The topological polar surface area (TPSA) is 51.0 Å². The summed E-state index contributed by atoms with van der Waals surface area (Å²) in [6, 6.07) is 3.29. The van der Waals surface area contributed by atoms with Crippen LogP contribution in [0.1, 0.15) is 11.5 Å². The van der Waals surface area contributed by atoms with Gasteiger partial charge in [-0.15, -0.1) is 10.2 Å². The van der Waals surface area contributed by atoms with Gasteiger partial charge in [0.2, 0.25) is 11.8 Å². The van der Waals surface area contributed by atoms with Crippen molar-refractivity contribution in [3.05, 3.63) is 34.1 Å². The third kappa shape index (κ3) is 3.37. The van der Waals surface area contributed by atoms with Crippen LogP contribution >= 0.6 is 15.9 Å². The summed E-state index contributed by atoms with van der Waals surface area (Å²) in [5.74, 6) is 0.438. The molecule has 108 valence electrons. The molecule has 0 bridgehead atoms. The maximum Gasteiger partial charge on any atom is 0.416 e. The van der Waals surface area contributed by atoms with Crippen LogP contribution in [0.3, 0.4) is 0 Å². The van der Waals surface area contributed by atoms with Gasteiger partial charge in [0.25, 0.3) is 0 Å². The van der Waals surface area contributed by atoms with Gasteiger partial charge in [-0.25, -0.2) is 0 Å². The van der Waals surface area contributed by atoms with Crippen LogP contribution in [0, 0.1) is 0 Å². The summed E-state index contributed by atoms with van der Waals surface area (Å²) in [5, 5.41) is 10.5. The predicted molar refractivity (Wildman–Crippen MR) is 70.1 cm³/mol. The number of nitrogens with one attached hydrogen (secondary N) is 1. The van der Waals surface area contributed by atoms with Crippen LogP contribution in [0.15, 0.2) is 27.1 Å². The fraction of sp³-hybridized carbons (Fsp3) is 0.333. The van der Waals surface area contributed by atoms with Gasteiger partial charge in [-0.05, 0) is 41.2 Å². The van der Waals surface area contributed by atoms with Crippen LogP contribution in [-0.2, 0) is 12.6 Å². The number of likely N-dealkylation sites (N-methyl/N-ethyl adjacent to an activating group) is 1. The molecular weight excluding hydrogens is 339 g/mol. The van der Waals surface area contributed by atoms with Gasteiger partial charge in [-0.3, -0.25) is 0 Å². The lowest BCUT2D eigenvalue weighted by Crippen LogP contribution is -2.10. The first-order valence-corrected chi connectivity index (χ1v) is 6.55. The Hall–Kier alpha value is -1.41. The normalized spacial score (nSPS) is 11.8. The first kappa shape index (κ1) is 15.0. The van der Waals surface area contributed by atoms with Crippen molar-refractivity contribution >= 4 is 15.9 Å². The Kier molecular flexibility index (Phi) is 4.44. The van der Waals surface area contributed by atoms with E-state index in [1.807, 2.05) is 0 Å². The zero-order valence-electron chi connectivity index (χ0n) is 10.5. The fourth-order valence-electron chi connectivity index (χ4n) is 1.56. The average molecular weight is 350 g/mol. The zero-order valence-corrected chi connectivity index (χ0v) is 12.0. The predicted octanol–water partition coefficient (Wildman–Crippen LogP) is 3.28. The summed E-state index contributed by atoms with van der Waals surface area (Å²) in [6.07, 6.45) is -3.90. The summed E-state index contributed by atoms with van der Waals surface area (Å²) < 4.78 is 43.9. The average Bonchev–Trinajstić information content (AvgIpc) is 2.84. The lowest BCUT2D eigenvalue weighted by atomic mass is 10.1. The lowest BCUT2D eigenvalue weighted by molar-refractivity contribution is -0.137. The van der Waals surface area contributed by atoms with Crippen LogP contribution in [0.25, 0.3) is 11.5 Å². The molecule has 0 aliphatic carbocycles. The van der Waals surface area contributed by atoms with Crippen molar-refractivity contribution in [1.82, 2.24) is 15.5 Å². The highest BCUT2D eigenvalue weighted by atomic mass is 79.9. The van der Waals surface area contributed by atoms with E-state index in [1.165, 1.54) is 6.07 Å². The molecule has 2 rings (SSSR count). The van der Waals surface area contributed by atoms with Crippen molar-refractivity contribution in [2.75, 3.05) is 13.6 Å². The molecule has 0 unspecified atom stereocenters. The molecule has 1 N–H and O–H groups in total. The third-order valence-electron chi connectivity index (χ3n) is 2.58. The van der Waals surface area contributed by atoms with Gasteiger partial charge in [0, 0.05) is 17.4 Å². The standard InChI is InChI=1S/C12H11BrF3N3O/c1-17-5-4-10-18-19-11(20-10)8-6-7(12(14,15)16)2-3-9(8)13/h2-3,6,17H,4-5H2,1H3. The fourth-order valence-corrected chi connectivity index (χ4v) is 1.98. The van der Waals surface area contributed by atoms with E-state index in [9.17, 15) is 13.2 Å². The molecule has 20 heavy (non-hydrogen) atoms. The van der Waals surface area contributed by atoms with Gasteiger partial charge in [0.1, 0.15) is 0 Å². The Balaban J connectivity index is 2.34. The van der Waals surface area contributed by atoms with Crippen LogP contribution in [0.2, 0.25) is 0 Å². The van der Waals surface area contributed by atoms with E-state index in [0.29, 0.717) is 23.3 Å².